The maximum Gasteiger partial charge on any atom is 0.303 e. The summed E-state index contributed by atoms with van der Waals surface area (Å²) in [6.45, 7) is 0. The van der Waals surface area contributed by atoms with Crippen molar-refractivity contribution in [2.45, 2.75) is 50.2 Å². The van der Waals surface area contributed by atoms with E-state index in [-0.39, 0.29) is 31.2 Å². The molecule has 3 aliphatic rings. The van der Waals surface area contributed by atoms with Gasteiger partial charge in [0.25, 0.3) is 11.8 Å². The minimum absolute atomic E-state index is 0.0434. The number of hydrogen-bond acceptors (Lipinski definition) is 6. The number of carbonyl (C=O) groups is 5. The fraction of sp³-hybridized carbons (Fsp3) is 0.450. The molecule has 0 aromatic heterocycles. The quantitative estimate of drug-likeness (QED) is 0.609. The molecule has 1 aliphatic carbocycles. The molecule has 0 spiro atoms. The van der Waals surface area contributed by atoms with Gasteiger partial charge < -0.3 is 5.11 Å². The number of benzene rings is 1. The van der Waals surface area contributed by atoms with E-state index in [0.717, 1.165) is 4.90 Å². The van der Waals surface area contributed by atoms with E-state index in [9.17, 15) is 24.0 Å². The van der Waals surface area contributed by atoms with Crippen LogP contribution in [-0.2, 0) is 19.2 Å². The molecule has 1 aromatic rings. The number of carbonyl (C=O) groups excluding carboxylic acids is 4. The molecular formula is C20H21N3O6. The highest BCUT2D eigenvalue weighted by Crippen LogP contribution is 2.36. The third kappa shape index (κ3) is 3.53. The Kier molecular flexibility index (Phi) is 4.91. The molecule has 152 valence electrons. The van der Waals surface area contributed by atoms with E-state index < -0.39 is 41.7 Å². The van der Waals surface area contributed by atoms with Crippen molar-refractivity contribution in [2.75, 3.05) is 0 Å². The molecule has 1 saturated heterocycles. The molecule has 4 amide bonds. The SMILES string of the molecule is O=C(O)CC1CC(NC2C(=O)N(C3CCC(=O)NC3=O)C(=O)c3ccccc32)C1. The van der Waals surface area contributed by atoms with Crippen molar-refractivity contribution in [1.29, 1.82) is 0 Å². The van der Waals surface area contributed by atoms with E-state index in [1.54, 1.807) is 24.3 Å². The average molecular weight is 399 g/mol. The van der Waals surface area contributed by atoms with Crippen molar-refractivity contribution < 1.29 is 29.1 Å². The number of aliphatic carboxylic acids is 1. The Morgan fingerprint density at radius 2 is 1.90 bits per heavy atom. The zero-order valence-corrected chi connectivity index (χ0v) is 15.6. The lowest BCUT2D eigenvalue weighted by Gasteiger charge is -2.42. The van der Waals surface area contributed by atoms with Gasteiger partial charge in [-0.2, -0.15) is 0 Å². The molecule has 29 heavy (non-hydrogen) atoms. The summed E-state index contributed by atoms with van der Waals surface area (Å²) in [5.41, 5.74) is 0.892. The van der Waals surface area contributed by atoms with Crippen LogP contribution in [0.2, 0.25) is 0 Å². The smallest absolute Gasteiger partial charge is 0.303 e. The number of rotatable bonds is 5. The van der Waals surface area contributed by atoms with Crippen LogP contribution in [-0.4, -0.2) is 51.7 Å². The standard InChI is InChI=1S/C20H21N3O6/c24-15-6-5-14(18(27)22-15)23-19(28)13-4-2-1-3-12(13)17(20(23)29)21-11-7-10(8-11)9-16(25)26/h1-4,10-11,14,17,21H,5-9H2,(H,25,26)(H,22,24,27). The van der Waals surface area contributed by atoms with Crippen molar-refractivity contribution in [1.82, 2.24) is 15.5 Å². The number of carboxylic acids is 1. The second kappa shape index (κ2) is 7.40. The molecule has 2 fully saturated rings. The molecule has 1 aromatic carbocycles. The number of hydrogen-bond donors (Lipinski definition) is 3. The first-order valence-electron chi connectivity index (χ1n) is 9.63. The predicted octanol–water partition coefficient (Wildman–Crippen LogP) is 0.358. The fourth-order valence-corrected chi connectivity index (χ4v) is 4.35. The Morgan fingerprint density at radius 1 is 1.17 bits per heavy atom. The molecule has 9 nitrogen and oxygen atoms in total. The maximum atomic E-state index is 13.2. The van der Waals surface area contributed by atoms with Gasteiger partial charge in [-0.1, -0.05) is 18.2 Å². The zero-order chi connectivity index (χ0) is 20.7. The third-order valence-corrected chi connectivity index (χ3v) is 5.83. The Hall–Kier alpha value is -3.07. The van der Waals surface area contributed by atoms with E-state index in [4.69, 9.17) is 5.11 Å². The van der Waals surface area contributed by atoms with Crippen LogP contribution in [0.5, 0.6) is 0 Å². The highest BCUT2D eigenvalue weighted by atomic mass is 16.4. The lowest BCUT2D eigenvalue weighted by atomic mass is 9.77. The Balaban J connectivity index is 1.58. The topological polar surface area (TPSA) is 133 Å². The highest BCUT2D eigenvalue weighted by Gasteiger charge is 2.47. The van der Waals surface area contributed by atoms with Crippen LogP contribution in [0.3, 0.4) is 0 Å². The van der Waals surface area contributed by atoms with Gasteiger partial charge in [-0.3, -0.25) is 39.5 Å². The van der Waals surface area contributed by atoms with Crippen molar-refractivity contribution in [3.05, 3.63) is 35.4 Å². The van der Waals surface area contributed by atoms with E-state index in [2.05, 4.69) is 10.6 Å². The first-order valence-corrected chi connectivity index (χ1v) is 9.63. The molecular weight excluding hydrogens is 378 g/mol. The largest absolute Gasteiger partial charge is 0.481 e. The second-order valence-electron chi connectivity index (χ2n) is 7.80. The number of piperidine rings is 1. The second-order valence-corrected chi connectivity index (χ2v) is 7.80. The van der Waals surface area contributed by atoms with Gasteiger partial charge >= 0.3 is 5.97 Å². The van der Waals surface area contributed by atoms with Crippen LogP contribution >= 0.6 is 0 Å². The predicted molar refractivity (Wildman–Crippen MR) is 98.4 cm³/mol. The van der Waals surface area contributed by atoms with Crippen molar-refractivity contribution in [2.24, 2.45) is 5.92 Å². The molecule has 9 heteroatoms. The molecule has 2 heterocycles. The highest BCUT2D eigenvalue weighted by molar-refractivity contribution is 6.14. The summed E-state index contributed by atoms with van der Waals surface area (Å²) in [4.78, 5) is 61.8. The summed E-state index contributed by atoms with van der Waals surface area (Å²) in [6, 6.07) is 4.89. The van der Waals surface area contributed by atoms with Crippen LogP contribution in [0.4, 0.5) is 0 Å². The molecule has 2 atom stereocenters. The van der Waals surface area contributed by atoms with Gasteiger partial charge in [0.2, 0.25) is 11.8 Å². The van der Waals surface area contributed by atoms with E-state index in [1.165, 1.54) is 0 Å². The lowest BCUT2D eigenvalue weighted by molar-refractivity contribution is -0.145. The number of amides is 4. The normalized spacial score (nSPS) is 29.2. The van der Waals surface area contributed by atoms with Gasteiger partial charge in [-0.25, -0.2) is 0 Å². The molecule has 0 bridgehead atoms. The summed E-state index contributed by atoms with van der Waals surface area (Å²) in [7, 11) is 0. The van der Waals surface area contributed by atoms with Gasteiger partial charge in [0.15, 0.2) is 0 Å². The number of carboxylic acid groups (broad SMARTS) is 1. The molecule has 3 N–H and O–H groups in total. The summed E-state index contributed by atoms with van der Waals surface area (Å²) >= 11 is 0. The minimum atomic E-state index is -1.02. The van der Waals surface area contributed by atoms with Crippen LogP contribution in [0, 0.1) is 5.92 Å². The molecule has 2 aliphatic heterocycles. The van der Waals surface area contributed by atoms with Gasteiger partial charge in [-0.15, -0.1) is 0 Å². The first kappa shape index (κ1) is 19.3. The summed E-state index contributed by atoms with van der Waals surface area (Å²) < 4.78 is 0. The van der Waals surface area contributed by atoms with Crippen LogP contribution in [0.15, 0.2) is 24.3 Å². The van der Waals surface area contributed by atoms with E-state index >= 15 is 0 Å². The lowest BCUT2D eigenvalue weighted by Crippen LogP contribution is -2.61. The van der Waals surface area contributed by atoms with Gasteiger partial charge in [0, 0.05) is 24.4 Å². The van der Waals surface area contributed by atoms with Crippen LogP contribution < -0.4 is 10.6 Å². The van der Waals surface area contributed by atoms with Gasteiger partial charge in [-0.05, 0) is 36.8 Å². The Bertz CT molecular complexity index is 907. The maximum absolute atomic E-state index is 13.2. The Morgan fingerprint density at radius 3 is 2.59 bits per heavy atom. The summed E-state index contributed by atoms with van der Waals surface area (Å²) in [5.74, 6) is -2.92. The average Bonchev–Trinajstić information content (AvgIpc) is 2.64. The monoisotopic (exact) mass is 399 g/mol. The van der Waals surface area contributed by atoms with Crippen LogP contribution in [0.1, 0.15) is 54.1 Å². The summed E-state index contributed by atoms with van der Waals surface area (Å²) in [6.07, 6.45) is 1.51. The number of nitrogens with zero attached hydrogens (tertiary/aromatic N) is 1. The zero-order valence-electron chi connectivity index (χ0n) is 15.6. The first-order chi connectivity index (χ1) is 13.8. The number of imide groups is 2. The van der Waals surface area contributed by atoms with Gasteiger partial charge in [0.05, 0.1) is 0 Å². The van der Waals surface area contributed by atoms with Crippen LogP contribution in [0.25, 0.3) is 0 Å². The Labute approximate surface area is 166 Å². The molecule has 2 unspecified atom stereocenters. The molecule has 0 radical (unpaired) electrons. The minimum Gasteiger partial charge on any atom is -0.481 e. The van der Waals surface area contributed by atoms with E-state index in [1.807, 2.05) is 0 Å². The molecule has 4 rings (SSSR count). The third-order valence-electron chi connectivity index (χ3n) is 5.83. The van der Waals surface area contributed by atoms with Crippen molar-refractivity contribution in [3.8, 4) is 0 Å². The van der Waals surface area contributed by atoms with Gasteiger partial charge in [0.1, 0.15) is 12.1 Å². The number of fused-ring (bicyclic) bond motifs is 1. The van der Waals surface area contributed by atoms with Crippen molar-refractivity contribution >= 4 is 29.6 Å². The van der Waals surface area contributed by atoms with Crippen molar-refractivity contribution in [3.63, 3.8) is 0 Å². The van der Waals surface area contributed by atoms with E-state index in [0.29, 0.717) is 24.0 Å². The number of nitrogens with one attached hydrogen (secondary N) is 2. The molecule has 1 saturated carbocycles. The fourth-order valence-electron chi connectivity index (χ4n) is 4.35. The summed E-state index contributed by atoms with van der Waals surface area (Å²) in [5, 5.41) is 14.3.